The highest BCUT2D eigenvalue weighted by molar-refractivity contribution is 14.0. The van der Waals surface area contributed by atoms with E-state index in [2.05, 4.69) is 29.5 Å². The zero-order valence-corrected chi connectivity index (χ0v) is 16.4. The van der Waals surface area contributed by atoms with E-state index in [0.29, 0.717) is 6.04 Å². The first-order chi connectivity index (χ1) is 10.6. The van der Waals surface area contributed by atoms with Crippen LogP contribution in [0, 0.1) is 5.82 Å². The predicted octanol–water partition coefficient (Wildman–Crippen LogP) is 3.07. The van der Waals surface area contributed by atoms with Gasteiger partial charge in [-0.3, -0.25) is 4.99 Å². The summed E-state index contributed by atoms with van der Waals surface area (Å²) < 4.78 is 18.7. The van der Waals surface area contributed by atoms with Gasteiger partial charge < -0.3 is 15.4 Å². The Morgan fingerprint density at radius 2 is 1.87 bits per heavy atom. The monoisotopic (exact) mass is 435 g/mol. The summed E-state index contributed by atoms with van der Waals surface area (Å²) in [7, 11) is 1.77. The number of hydrogen-bond acceptors (Lipinski definition) is 2. The summed E-state index contributed by atoms with van der Waals surface area (Å²) in [6, 6.07) is 7.17. The molecule has 1 aliphatic heterocycles. The summed E-state index contributed by atoms with van der Waals surface area (Å²) in [4.78, 5) is 4.25. The van der Waals surface area contributed by atoms with Gasteiger partial charge >= 0.3 is 0 Å². The Kier molecular flexibility index (Phi) is 8.25. The Morgan fingerprint density at radius 1 is 1.26 bits per heavy atom. The zero-order chi connectivity index (χ0) is 16.0. The van der Waals surface area contributed by atoms with Crippen LogP contribution in [0.1, 0.15) is 32.3 Å². The van der Waals surface area contributed by atoms with Gasteiger partial charge in [0.2, 0.25) is 0 Å². The minimum absolute atomic E-state index is 0. The lowest BCUT2D eigenvalue weighted by Crippen LogP contribution is -2.49. The van der Waals surface area contributed by atoms with Crippen LogP contribution in [0.15, 0.2) is 29.3 Å². The van der Waals surface area contributed by atoms with Crippen LogP contribution in [0.4, 0.5) is 4.39 Å². The minimum Gasteiger partial charge on any atom is -0.381 e. The lowest BCUT2D eigenvalue weighted by molar-refractivity contribution is 0.0513. The van der Waals surface area contributed by atoms with E-state index in [-0.39, 0.29) is 35.2 Å². The van der Waals surface area contributed by atoms with E-state index in [1.807, 2.05) is 12.1 Å². The highest BCUT2D eigenvalue weighted by Crippen LogP contribution is 2.34. The van der Waals surface area contributed by atoms with Crippen LogP contribution in [0.25, 0.3) is 0 Å². The summed E-state index contributed by atoms with van der Waals surface area (Å²) in [5.74, 6) is 0.596. The third-order valence-electron chi connectivity index (χ3n) is 4.15. The number of nitrogens with zero attached hydrogens (tertiary/aromatic N) is 1. The molecule has 0 spiro atoms. The molecule has 0 saturated carbocycles. The van der Waals surface area contributed by atoms with Gasteiger partial charge in [0.25, 0.3) is 0 Å². The Bertz CT molecular complexity index is 499. The Morgan fingerprint density at radius 3 is 2.39 bits per heavy atom. The van der Waals surface area contributed by atoms with Crippen molar-refractivity contribution in [2.45, 2.75) is 38.1 Å². The first-order valence-corrected chi connectivity index (χ1v) is 7.87. The molecule has 4 nitrogen and oxygen atoms in total. The quantitative estimate of drug-likeness (QED) is 0.434. The van der Waals surface area contributed by atoms with Crippen molar-refractivity contribution in [1.29, 1.82) is 0 Å². The van der Waals surface area contributed by atoms with Crippen LogP contribution >= 0.6 is 24.0 Å². The van der Waals surface area contributed by atoms with Gasteiger partial charge in [0.15, 0.2) is 5.96 Å². The lowest BCUT2D eigenvalue weighted by Gasteiger charge is -2.38. The molecule has 0 radical (unpaired) electrons. The molecule has 0 bridgehead atoms. The van der Waals surface area contributed by atoms with E-state index in [1.165, 1.54) is 12.1 Å². The van der Waals surface area contributed by atoms with Gasteiger partial charge in [0.05, 0.1) is 0 Å². The molecule has 2 N–H and O–H groups in total. The molecule has 0 amide bonds. The molecule has 0 unspecified atom stereocenters. The van der Waals surface area contributed by atoms with Crippen molar-refractivity contribution in [3.63, 3.8) is 0 Å². The molecule has 2 rings (SSSR count). The average Bonchev–Trinajstić information content (AvgIpc) is 2.52. The second-order valence-electron chi connectivity index (χ2n) is 6.12. The van der Waals surface area contributed by atoms with Gasteiger partial charge in [-0.25, -0.2) is 4.39 Å². The van der Waals surface area contributed by atoms with Gasteiger partial charge in [0.1, 0.15) is 5.82 Å². The van der Waals surface area contributed by atoms with Gasteiger partial charge in [-0.15, -0.1) is 24.0 Å². The molecule has 1 saturated heterocycles. The minimum atomic E-state index is -0.198. The van der Waals surface area contributed by atoms with E-state index in [4.69, 9.17) is 4.74 Å². The summed E-state index contributed by atoms with van der Waals surface area (Å²) in [5, 5.41) is 6.71. The van der Waals surface area contributed by atoms with Crippen molar-refractivity contribution in [2.24, 2.45) is 4.99 Å². The van der Waals surface area contributed by atoms with Crippen molar-refractivity contribution >= 4 is 29.9 Å². The van der Waals surface area contributed by atoms with Crippen molar-refractivity contribution < 1.29 is 9.13 Å². The number of halogens is 2. The molecule has 23 heavy (non-hydrogen) atoms. The molecule has 6 heteroatoms. The van der Waals surface area contributed by atoms with Crippen molar-refractivity contribution in [2.75, 3.05) is 26.8 Å². The number of nitrogens with one attached hydrogen (secondary N) is 2. The molecule has 0 aliphatic carbocycles. The van der Waals surface area contributed by atoms with E-state index in [1.54, 1.807) is 7.05 Å². The molecule has 0 atom stereocenters. The van der Waals surface area contributed by atoms with Gasteiger partial charge in [-0.05, 0) is 44.4 Å². The number of aliphatic imine (C=N–C) groups is 1. The maximum absolute atomic E-state index is 13.2. The Hall–Kier alpha value is -0.890. The predicted molar refractivity (Wildman–Crippen MR) is 103 cm³/mol. The number of hydrogen-bond donors (Lipinski definition) is 2. The van der Waals surface area contributed by atoms with Gasteiger partial charge in [-0.2, -0.15) is 0 Å². The fourth-order valence-corrected chi connectivity index (χ4v) is 2.85. The molecular weight excluding hydrogens is 408 g/mol. The topological polar surface area (TPSA) is 45.7 Å². The van der Waals surface area contributed by atoms with E-state index in [0.717, 1.165) is 44.1 Å². The molecule has 1 aromatic carbocycles. The van der Waals surface area contributed by atoms with Crippen LogP contribution in [-0.4, -0.2) is 38.8 Å². The fourth-order valence-electron chi connectivity index (χ4n) is 2.85. The van der Waals surface area contributed by atoms with Crippen LogP contribution in [0.2, 0.25) is 0 Å². The maximum Gasteiger partial charge on any atom is 0.191 e. The molecule has 130 valence electrons. The average molecular weight is 435 g/mol. The van der Waals surface area contributed by atoms with Crippen LogP contribution in [-0.2, 0) is 10.2 Å². The maximum atomic E-state index is 13.2. The highest BCUT2D eigenvalue weighted by atomic mass is 127. The van der Waals surface area contributed by atoms with Crippen molar-refractivity contribution in [3.05, 3.63) is 35.6 Å². The molecule has 1 aromatic rings. The summed E-state index contributed by atoms with van der Waals surface area (Å²) in [6.07, 6.45) is 1.84. The molecule has 1 heterocycles. The first-order valence-electron chi connectivity index (χ1n) is 7.87. The summed E-state index contributed by atoms with van der Waals surface area (Å²) in [5.41, 5.74) is 1.12. The van der Waals surface area contributed by atoms with Gasteiger partial charge in [-0.1, -0.05) is 12.1 Å². The third-order valence-corrected chi connectivity index (χ3v) is 4.15. The largest absolute Gasteiger partial charge is 0.381 e. The van der Waals surface area contributed by atoms with E-state index in [9.17, 15) is 4.39 Å². The molecule has 1 fully saturated rings. The molecular formula is C17H27FIN3O. The SMILES string of the molecule is CN=C(NCC1(c2ccc(F)cc2)CCOCC1)NC(C)C.I. The first kappa shape index (κ1) is 20.2. The normalized spacial score (nSPS) is 17.5. The smallest absolute Gasteiger partial charge is 0.191 e. The molecule has 1 aliphatic rings. The van der Waals surface area contributed by atoms with Crippen LogP contribution in [0.5, 0.6) is 0 Å². The van der Waals surface area contributed by atoms with Crippen molar-refractivity contribution in [3.8, 4) is 0 Å². The van der Waals surface area contributed by atoms with E-state index >= 15 is 0 Å². The second-order valence-corrected chi connectivity index (χ2v) is 6.12. The third kappa shape index (κ3) is 5.60. The zero-order valence-electron chi connectivity index (χ0n) is 14.1. The van der Waals surface area contributed by atoms with Crippen LogP contribution in [0.3, 0.4) is 0 Å². The van der Waals surface area contributed by atoms with Crippen molar-refractivity contribution in [1.82, 2.24) is 10.6 Å². The second kappa shape index (κ2) is 9.42. The molecule has 0 aromatic heterocycles. The summed E-state index contributed by atoms with van der Waals surface area (Å²) >= 11 is 0. The van der Waals surface area contributed by atoms with Gasteiger partial charge in [0, 0.05) is 38.3 Å². The lowest BCUT2D eigenvalue weighted by atomic mass is 9.74. The number of benzene rings is 1. The van der Waals surface area contributed by atoms with E-state index < -0.39 is 0 Å². The standard InChI is InChI=1S/C17H26FN3O.HI/c1-13(2)21-16(19-3)20-12-17(8-10-22-11-9-17)14-4-6-15(18)7-5-14;/h4-7,13H,8-12H2,1-3H3,(H2,19,20,21);1H. The Labute approximate surface area is 155 Å². The number of ether oxygens (including phenoxy) is 1. The van der Waals surface area contributed by atoms with Crippen LogP contribution < -0.4 is 10.6 Å². The number of rotatable bonds is 4. The fraction of sp³-hybridized carbons (Fsp3) is 0.588. The number of guanidine groups is 1. The summed E-state index contributed by atoms with van der Waals surface area (Å²) in [6.45, 7) is 6.38. The highest BCUT2D eigenvalue weighted by Gasteiger charge is 2.34. The Balaban J connectivity index is 0.00000264.